The Morgan fingerprint density at radius 1 is 1.62 bits per heavy atom. The molecule has 2 unspecified atom stereocenters. The number of hydrogen-bond acceptors (Lipinski definition) is 5. The molecule has 0 spiro atoms. The molecule has 0 bridgehead atoms. The number of hydrogen-bond donors (Lipinski definition) is 3. The minimum atomic E-state index is 0.204. The van der Waals surface area contributed by atoms with Crippen molar-refractivity contribution in [2.45, 2.75) is 25.0 Å². The minimum absolute atomic E-state index is 0.204. The molecule has 92 valence electrons. The molecule has 2 aliphatic heterocycles. The largest absolute Gasteiger partial charge is 0.409 e. The first-order valence-electron chi connectivity index (χ1n) is 5.82. The molecule has 4 N–H and O–H groups in total. The number of rotatable bonds is 4. The first kappa shape index (κ1) is 11.6. The number of morpholine rings is 1. The highest BCUT2D eigenvalue weighted by Crippen LogP contribution is 2.22. The van der Waals surface area contributed by atoms with E-state index in [0.29, 0.717) is 12.6 Å². The molecule has 16 heavy (non-hydrogen) atoms. The van der Waals surface area contributed by atoms with Gasteiger partial charge in [-0.1, -0.05) is 5.16 Å². The summed E-state index contributed by atoms with van der Waals surface area (Å²) in [6.07, 6.45) is 2.78. The number of nitrogens with one attached hydrogen (secondary N) is 1. The summed E-state index contributed by atoms with van der Waals surface area (Å²) in [6.45, 7) is 4.19. The van der Waals surface area contributed by atoms with Crippen LogP contribution in [0.3, 0.4) is 0 Å². The normalized spacial score (nSPS) is 31.6. The molecule has 2 aliphatic rings. The molecule has 2 heterocycles. The smallest absolute Gasteiger partial charge is 0.153 e. The summed E-state index contributed by atoms with van der Waals surface area (Å²) in [4.78, 5) is 2.50. The van der Waals surface area contributed by atoms with Gasteiger partial charge in [-0.25, -0.2) is 0 Å². The van der Waals surface area contributed by atoms with Crippen LogP contribution in [-0.2, 0) is 4.74 Å². The van der Waals surface area contributed by atoms with Crippen molar-refractivity contribution >= 4 is 5.84 Å². The average molecular weight is 228 g/mol. The maximum Gasteiger partial charge on any atom is 0.153 e. The van der Waals surface area contributed by atoms with E-state index in [1.807, 2.05) is 0 Å². The molecule has 0 aromatic heterocycles. The fourth-order valence-corrected chi connectivity index (χ4v) is 2.41. The second-order valence-electron chi connectivity index (χ2n) is 4.47. The zero-order valence-corrected chi connectivity index (χ0v) is 9.43. The van der Waals surface area contributed by atoms with Gasteiger partial charge in [-0.3, -0.25) is 4.90 Å². The molecular weight excluding hydrogens is 208 g/mol. The second kappa shape index (κ2) is 5.47. The van der Waals surface area contributed by atoms with Gasteiger partial charge in [-0.05, 0) is 19.4 Å². The quantitative estimate of drug-likeness (QED) is 0.253. The van der Waals surface area contributed by atoms with Gasteiger partial charge in [-0.2, -0.15) is 0 Å². The molecular formula is C10H20N4O2. The number of nitrogens with two attached hydrogens (primary N) is 1. The van der Waals surface area contributed by atoms with E-state index in [-0.39, 0.29) is 11.9 Å². The molecule has 0 saturated carbocycles. The van der Waals surface area contributed by atoms with Crippen LogP contribution in [0.1, 0.15) is 12.8 Å². The summed E-state index contributed by atoms with van der Waals surface area (Å²) < 4.78 is 5.76. The van der Waals surface area contributed by atoms with Gasteiger partial charge in [-0.15, -0.1) is 0 Å². The van der Waals surface area contributed by atoms with Gasteiger partial charge in [0, 0.05) is 19.1 Å². The van der Waals surface area contributed by atoms with Crippen LogP contribution in [-0.4, -0.2) is 60.9 Å². The summed E-state index contributed by atoms with van der Waals surface area (Å²) in [5.41, 5.74) is 5.36. The minimum Gasteiger partial charge on any atom is -0.409 e. The molecule has 0 radical (unpaired) electrons. The average Bonchev–Trinajstić information content (AvgIpc) is 2.76. The van der Waals surface area contributed by atoms with E-state index in [2.05, 4.69) is 15.4 Å². The molecule has 2 saturated heterocycles. The van der Waals surface area contributed by atoms with Crippen molar-refractivity contribution in [3.8, 4) is 0 Å². The molecule has 6 nitrogen and oxygen atoms in total. The maximum atomic E-state index is 8.38. The number of oxime groups is 1. The van der Waals surface area contributed by atoms with Gasteiger partial charge in [0.1, 0.15) is 0 Å². The molecule has 0 aromatic rings. The molecule has 2 fully saturated rings. The lowest BCUT2D eigenvalue weighted by molar-refractivity contribution is -0.0465. The summed E-state index contributed by atoms with van der Waals surface area (Å²) >= 11 is 0. The Balaban J connectivity index is 1.67. The number of amidine groups is 1. The van der Waals surface area contributed by atoms with E-state index in [1.165, 1.54) is 19.4 Å². The van der Waals surface area contributed by atoms with Crippen LogP contribution in [0, 0.1) is 0 Å². The molecule has 2 rings (SSSR count). The standard InChI is InChI=1S/C10H20N4O2/c11-10(13-15)5-12-4-9-6-14-3-1-2-8(14)7-16-9/h8-9,12,15H,1-7H2,(H2,11,13). The van der Waals surface area contributed by atoms with E-state index in [4.69, 9.17) is 15.7 Å². The van der Waals surface area contributed by atoms with Crippen LogP contribution in [0.2, 0.25) is 0 Å². The predicted octanol–water partition coefficient (Wildman–Crippen LogP) is -0.814. The highest BCUT2D eigenvalue weighted by atomic mass is 16.5. The van der Waals surface area contributed by atoms with Crippen LogP contribution in [0.5, 0.6) is 0 Å². The third kappa shape index (κ3) is 2.84. The lowest BCUT2D eigenvalue weighted by atomic mass is 10.2. The third-order valence-corrected chi connectivity index (χ3v) is 3.27. The Labute approximate surface area is 95.4 Å². The summed E-state index contributed by atoms with van der Waals surface area (Å²) in [7, 11) is 0. The molecule has 0 aliphatic carbocycles. The molecule has 2 atom stereocenters. The monoisotopic (exact) mass is 228 g/mol. The van der Waals surface area contributed by atoms with Crippen LogP contribution < -0.4 is 11.1 Å². The fourth-order valence-electron chi connectivity index (χ4n) is 2.41. The summed E-state index contributed by atoms with van der Waals surface area (Å²) in [6, 6.07) is 0.639. The topological polar surface area (TPSA) is 83.1 Å². The van der Waals surface area contributed by atoms with Gasteiger partial charge in [0.15, 0.2) is 5.84 Å². The van der Waals surface area contributed by atoms with E-state index < -0.39 is 0 Å². The van der Waals surface area contributed by atoms with Gasteiger partial charge < -0.3 is 21.0 Å². The van der Waals surface area contributed by atoms with Gasteiger partial charge in [0.05, 0.1) is 19.3 Å². The van der Waals surface area contributed by atoms with Crippen LogP contribution in [0.15, 0.2) is 5.16 Å². The highest BCUT2D eigenvalue weighted by molar-refractivity contribution is 5.81. The lowest BCUT2D eigenvalue weighted by Gasteiger charge is -2.35. The lowest BCUT2D eigenvalue weighted by Crippen LogP contribution is -2.50. The summed E-state index contributed by atoms with van der Waals surface area (Å²) in [5, 5.41) is 14.4. The highest BCUT2D eigenvalue weighted by Gasteiger charge is 2.31. The van der Waals surface area contributed by atoms with Crippen LogP contribution in [0.25, 0.3) is 0 Å². The van der Waals surface area contributed by atoms with E-state index in [0.717, 1.165) is 19.7 Å². The Kier molecular flexibility index (Phi) is 3.98. The van der Waals surface area contributed by atoms with E-state index in [9.17, 15) is 0 Å². The molecule has 6 heteroatoms. The van der Waals surface area contributed by atoms with E-state index >= 15 is 0 Å². The van der Waals surface area contributed by atoms with Crippen molar-refractivity contribution in [1.29, 1.82) is 0 Å². The third-order valence-electron chi connectivity index (χ3n) is 3.27. The van der Waals surface area contributed by atoms with Crippen molar-refractivity contribution in [2.75, 3.05) is 32.8 Å². The summed E-state index contributed by atoms with van der Waals surface area (Å²) in [5.74, 6) is 0.204. The van der Waals surface area contributed by atoms with Crippen molar-refractivity contribution in [1.82, 2.24) is 10.2 Å². The number of ether oxygens (including phenoxy) is 1. The van der Waals surface area contributed by atoms with Gasteiger partial charge in [0.25, 0.3) is 0 Å². The first-order chi connectivity index (χ1) is 7.79. The fraction of sp³-hybridized carbons (Fsp3) is 0.900. The SMILES string of the molecule is NC(CNCC1CN2CCCC2CO1)=NO. The van der Waals surface area contributed by atoms with Crippen LogP contribution >= 0.6 is 0 Å². The van der Waals surface area contributed by atoms with Crippen molar-refractivity contribution < 1.29 is 9.94 Å². The predicted molar refractivity (Wildman–Crippen MR) is 60.6 cm³/mol. The van der Waals surface area contributed by atoms with Crippen molar-refractivity contribution in [3.63, 3.8) is 0 Å². The van der Waals surface area contributed by atoms with Gasteiger partial charge >= 0.3 is 0 Å². The van der Waals surface area contributed by atoms with Gasteiger partial charge in [0.2, 0.25) is 0 Å². The van der Waals surface area contributed by atoms with Crippen LogP contribution in [0.4, 0.5) is 0 Å². The first-order valence-corrected chi connectivity index (χ1v) is 5.82. The van der Waals surface area contributed by atoms with E-state index in [1.54, 1.807) is 0 Å². The van der Waals surface area contributed by atoms with Crippen molar-refractivity contribution in [3.05, 3.63) is 0 Å². The molecule has 0 aromatic carbocycles. The Bertz CT molecular complexity index is 259. The van der Waals surface area contributed by atoms with Crippen molar-refractivity contribution in [2.24, 2.45) is 10.9 Å². The Morgan fingerprint density at radius 3 is 3.31 bits per heavy atom. The Morgan fingerprint density at radius 2 is 2.50 bits per heavy atom. The maximum absolute atomic E-state index is 8.38. The zero-order chi connectivity index (χ0) is 11.4. The number of nitrogens with zero attached hydrogens (tertiary/aromatic N) is 2. The Hall–Kier alpha value is -0.850. The zero-order valence-electron chi connectivity index (χ0n) is 9.43. The molecule has 0 amide bonds. The second-order valence-corrected chi connectivity index (χ2v) is 4.47. The number of fused-ring (bicyclic) bond motifs is 1.